The van der Waals surface area contributed by atoms with Crippen LogP contribution in [0.15, 0.2) is 40.6 Å². The average Bonchev–Trinajstić information content (AvgIpc) is 2.74. The van der Waals surface area contributed by atoms with E-state index in [2.05, 4.69) is 28.5 Å². The van der Waals surface area contributed by atoms with E-state index in [1.165, 1.54) is 48.3 Å². The topological polar surface area (TPSA) is 83.8 Å². The Kier molecular flexibility index (Phi) is 7.82. The first-order valence-corrected chi connectivity index (χ1v) is 10.8. The normalized spacial score (nSPS) is 14.5. The lowest BCUT2D eigenvalue weighted by atomic mass is 9.92. The molecule has 6 nitrogen and oxygen atoms in total. The van der Waals surface area contributed by atoms with Gasteiger partial charge in [0.05, 0.1) is 12.1 Å². The third kappa shape index (κ3) is 5.38. The van der Waals surface area contributed by atoms with E-state index in [0.717, 1.165) is 37.7 Å². The smallest absolute Gasteiger partial charge is 0.343 e. The van der Waals surface area contributed by atoms with E-state index in [9.17, 15) is 9.90 Å². The van der Waals surface area contributed by atoms with E-state index in [1.807, 2.05) is 6.07 Å². The van der Waals surface area contributed by atoms with Crippen LogP contribution in [-0.4, -0.2) is 42.0 Å². The number of unbranched alkanes of at least 4 members (excludes halogenated alkanes) is 1. The van der Waals surface area contributed by atoms with Gasteiger partial charge < -0.3 is 15.2 Å². The van der Waals surface area contributed by atoms with Crippen LogP contribution >= 0.6 is 0 Å². The SMILES string of the molecule is CCOC(=O)/C(C=NCCCCNc1c2c(nc3ccccc13)CCCC2)=C(\C)O. The standard InChI is InChI=1S/C24H31N3O3/c1-3-30-24(29)20(17(2)28)16-25-14-8-9-15-26-23-18-10-4-6-12-21(18)27-22-13-7-5-11-19(22)23/h4,6,10,12,16,28H,3,5,7-9,11,13-15H2,1-2H3,(H,26,27)/b20-17+,25-16?. The van der Waals surface area contributed by atoms with Crippen LogP contribution in [0.5, 0.6) is 0 Å². The van der Waals surface area contributed by atoms with Gasteiger partial charge in [0, 0.05) is 36.1 Å². The molecule has 3 rings (SSSR count). The van der Waals surface area contributed by atoms with Crippen molar-refractivity contribution in [2.75, 3.05) is 25.0 Å². The summed E-state index contributed by atoms with van der Waals surface area (Å²) < 4.78 is 4.93. The summed E-state index contributed by atoms with van der Waals surface area (Å²) in [5.74, 6) is -0.620. The van der Waals surface area contributed by atoms with Gasteiger partial charge in [0.25, 0.3) is 0 Å². The number of aliphatic imine (C=N–C) groups is 1. The fraction of sp³-hybridized carbons (Fsp3) is 0.458. The fourth-order valence-electron chi connectivity index (χ4n) is 3.77. The molecule has 0 fully saturated rings. The van der Waals surface area contributed by atoms with Gasteiger partial charge in [-0.05, 0) is 64.0 Å². The Morgan fingerprint density at radius 2 is 2.07 bits per heavy atom. The fourth-order valence-corrected chi connectivity index (χ4v) is 3.77. The Hall–Kier alpha value is -2.89. The van der Waals surface area contributed by atoms with E-state index in [-0.39, 0.29) is 17.9 Å². The van der Waals surface area contributed by atoms with Gasteiger partial charge in [0.15, 0.2) is 0 Å². The number of aryl methyl sites for hydroxylation is 1. The minimum absolute atomic E-state index is 0.0757. The van der Waals surface area contributed by atoms with Crippen molar-refractivity contribution in [1.29, 1.82) is 0 Å². The lowest BCUT2D eigenvalue weighted by molar-refractivity contribution is -0.138. The first-order chi connectivity index (χ1) is 14.6. The molecule has 1 aliphatic carbocycles. The maximum atomic E-state index is 11.8. The van der Waals surface area contributed by atoms with Crippen molar-refractivity contribution in [2.45, 2.75) is 52.4 Å². The molecule has 1 aliphatic rings. The number of aromatic nitrogens is 1. The zero-order valence-corrected chi connectivity index (χ0v) is 17.9. The van der Waals surface area contributed by atoms with Gasteiger partial charge in [-0.25, -0.2) is 4.79 Å². The van der Waals surface area contributed by atoms with Crippen molar-refractivity contribution >= 4 is 28.8 Å². The van der Waals surface area contributed by atoms with Crippen molar-refractivity contribution in [3.63, 3.8) is 0 Å². The minimum atomic E-state index is -0.544. The number of rotatable bonds is 9. The second-order valence-corrected chi connectivity index (χ2v) is 7.53. The summed E-state index contributed by atoms with van der Waals surface area (Å²) in [5, 5.41) is 14.5. The van der Waals surface area contributed by atoms with Gasteiger partial charge >= 0.3 is 5.97 Å². The summed E-state index contributed by atoms with van der Waals surface area (Å²) in [5.41, 5.74) is 5.03. The van der Waals surface area contributed by atoms with Crippen molar-refractivity contribution < 1.29 is 14.6 Å². The molecule has 1 heterocycles. The summed E-state index contributed by atoms with van der Waals surface area (Å²) in [7, 11) is 0. The number of allylic oxidation sites excluding steroid dienone is 1. The van der Waals surface area contributed by atoms with E-state index in [1.54, 1.807) is 6.92 Å². The van der Waals surface area contributed by atoms with E-state index >= 15 is 0 Å². The number of aliphatic hydroxyl groups excluding tert-OH is 1. The second kappa shape index (κ2) is 10.8. The van der Waals surface area contributed by atoms with E-state index in [4.69, 9.17) is 9.72 Å². The largest absolute Gasteiger partial charge is 0.512 e. The van der Waals surface area contributed by atoms with Crippen LogP contribution in [0.4, 0.5) is 5.69 Å². The highest BCUT2D eigenvalue weighted by Crippen LogP contribution is 2.33. The number of benzene rings is 1. The molecule has 0 spiro atoms. The van der Waals surface area contributed by atoms with Gasteiger partial charge in [-0.1, -0.05) is 18.2 Å². The Labute approximate surface area is 178 Å². The summed E-state index contributed by atoms with van der Waals surface area (Å²) in [6.07, 6.45) is 7.83. The number of pyridine rings is 1. The van der Waals surface area contributed by atoms with Gasteiger partial charge in [-0.15, -0.1) is 0 Å². The van der Waals surface area contributed by atoms with Crippen LogP contribution < -0.4 is 5.32 Å². The molecule has 160 valence electrons. The number of hydrogen-bond acceptors (Lipinski definition) is 6. The molecule has 2 aromatic rings. The highest BCUT2D eigenvalue weighted by molar-refractivity contribution is 6.09. The number of nitrogens with zero attached hydrogens (tertiary/aromatic N) is 2. The maximum Gasteiger partial charge on any atom is 0.343 e. The van der Waals surface area contributed by atoms with Crippen molar-refractivity contribution in [3.05, 3.63) is 46.9 Å². The predicted octanol–water partition coefficient (Wildman–Crippen LogP) is 4.77. The van der Waals surface area contributed by atoms with E-state index < -0.39 is 5.97 Å². The Morgan fingerprint density at radius 1 is 1.27 bits per heavy atom. The molecule has 0 radical (unpaired) electrons. The molecule has 1 aromatic carbocycles. The van der Waals surface area contributed by atoms with Crippen LogP contribution in [0, 0.1) is 0 Å². The number of carbonyl (C=O) groups excluding carboxylic acids is 1. The molecular weight excluding hydrogens is 378 g/mol. The molecule has 0 amide bonds. The molecule has 6 heteroatoms. The number of carbonyl (C=O) groups is 1. The minimum Gasteiger partial charge on any atom is -0.512 e. The van der Waals surface area contributed by atoms with Crippen molar-refractivity contribution in [2.24, 2.45) is 4.99 Å². The highest BCUT2D eigenvalue weighted by Gasteiger charge is 2.17. The molecule has 0 unspecified atom stereocenters. The first-order valence-electron chi connectivity index (χ1n) is 10.8. The van der Waals surface area contributed by atoms with E-state index in [0.29, 0.717) is 6.54 Å². The van der Waals surface area contributed by atoms with Crippen molar-refractivity contribution in [1.82, 2.24) is 4.98 Å². The van der Waals surface area contributed by atoms with Crippen molar-refractivity contribution in [3.8, 4) is 0 Å². The monoisotopic (exact) mass is 409 g/mol. The molecule has 0 atom stereocenters. The molecule has 0 aliphatic heterocycles. The average molecular weight is 410 g/mol. The summed E-state index contributed by atoms with van der Waals surface area (Å²) >= 11 is 0. The predicted molar refractivity (Wildman–Crippen MR) is 121 cm³/mol. The molecule has 0 bridgehead atoms. The summed E-state index contributed by atoms with van der Waals surface area (Å²) in [6.45, 7) is 4.91. The number of anilines is 1. The lowest BCUT2D eigenvalue weighted by Gasteiger charge is -2.21. The van der Waals surface area contributed by atoms with Gasteiger partial charge in [0.1, 0.15) is 11.3 Å². The third-order valence-corrected chi connectivity index (χ3v) is 5.29. The molecular formula is C24H31N3O3. The number of fused-ring (bicyclic) bond motifs is 2. The molecule has 30 heavy (non-hydrogen) atoms. The Morgan fingerprint density at radius 3 is 2.87 bits per heavy atom. The molecule has 0 saturated heterocycles. The third-order valence-electron chi connectivity index (χ3n) is 5.29. The Balaban J connectivity index is 1.56. The number of aliphatic hydroxyl groups is 1. The number of nitrogens with one attached hydrogen (secondary N) is 1. The maximum absolute atomic E-state index is 11.8. The van der Waals surface area contributed by atoms with Crippen LogP contribution in [0.25, 0.3) is 10.9 Å². The number of esters is 1. The number of para-hydroxylation sites is 1. The molecule has 1 aromatic heterocycles. The highest BCUT2D eigenvalue weighted by atomic mass is 16.5. The summed E-state index contributed by atoms with van der Waals surface area (Å²) in [6, 6.07) is 8.34. The summed E-state index contributed by atoms with van der Waals surface area (Å²) in [4.78, 5) is 20.9. The van der Waals surface area contributed by atoms with Crippen LogP contribution in [0.1, 0.15) is 50.8 Å². The quantitative estimate of drug-likeness (QED) is 0.205. The number of ether oxygens (including phenoxy) is 1. The van der Waals surface area contributed by atoms with Gasteiger partial charge in [-0.2, -0.15) is 0 Å². The number of hydrogen-bond donors (Lipinski definition) is 2. The molecule has 0 saturated carbocycles. The lowest BCUT2D eigenvalue weighted by Crippen LogP contribution is -2.12. The van der Waals surface area contributed by atoms with Crippen LogP contribution in [-0.2, 0) is 22.4 Å². The zero-order chi connectivity index (χ0) is 21.3. The Bertz CT molecular complexity index is 946. The van der Waals surface area contributed by atoms with Gasteiger partial charge in [-0.3, -0.25) is 9.98 Å². The molecule has 2 N–H and O–H groups in total. The zero-order valence-electron chi connectivity index (χ0n) is 17.9. The van der Waals surface area contributed by atoms with Gasteiger partial charge in [0.2, 0.25) is 0 Å². The first kappa shape index (κ1) is 21.8. The van der Waals surface area contributed by atoms with Crippen LogP contribution in [0.2, 0.25) is 0 Å². The van der Waals surface area contributed by atoms with Crippen LogP contribution in [0.3, 0.4) is 0 Å². The second-order valence-electron chi connectivity index (χ2n) is 7.53.